The van der Waals surface area contributed by atoms with Gasteiger partial charge in [-0.05, 0) is 18.2 Å². The number of para-hydroxylation sites is 1. The zero-order valence-corrected chi connectivity index (χ0v) is 16.6. The fourth-order valence-electron chi connectivity index (χ4n) is 2.47. The third-order valence-electron chi connectivity index (χ3n) is 3.99. The number of nitrogens with one attached hydrogen (secondary N) is 1. The minimum atomic E-state index is -0.449. The third kappa shape index (κ3) is 5.47. The number of ether oxygens (including phenoxy) is 1. The summed E-state index contributed by atoms with van der Waals surface area (Å²) in [5, 5.41) is 6.82. The van der Waals surface area contributed by atoms with Gasteiger partial charge in [0.1, 0.15) is 23.9 Å². The van der Waals surface area contributed by atoms with Gasteiger partial charge in [0, 0.05) is 11.5 Å². The van der Waals surface area contributed by atoms with Crippen LogP contribution in [0.1, 0.15) is 37.1 Å². The van der Waals surface area contributed by atoms with E-state index in [9.17, 15) is 9.59 Å². The lowest BCUT2D eigenvalue weighted by Crippen LogP contribution is -2.28. The van der Waals surface area contributed by atoms with Crippen LogP contribution in [0, 0.1) is 0 Å². The SMILES string of the molecule is CC(C)(C)c1ncc(NC(=O)c2ccc(=O)n(CCOc3ccccc3)n2)cn1. The number of rotatable bonds is 6. The van der Waals surface area contributed by atoms with Crippen molar-refractivity contribution in [2.75, 3.05) is 11.9 Å². The summed E-state index contributed by atoms with van der Waals surface area (Å²) in [6, 6.07) is 12.0. The molecular weight excluding hydrogens is 370 g/mol. The first-order valence-electron chi connectivity index (χ1n) is 9.23. The highest BCUT2D eigenvalue weighted by molar-refractivity contribution is 6.02. The van der Waals surface area contributed by atoms with E-state index in [0.29, 0.717) is 17.3 Å². The predicted octanol–water partition coefficient (Wildman–Crippen LogP) is 2.66. The van der Waals surface area contributed by atoms with E-state index in [0.717, 1.165) is 0 Å². The van der Waals surface area contributed by atoms with Crippen molar-refractivity contribution in [2.24, 2.45) is 0 Å². The van der Waals surface area contributed by atoms with Gasteiger partial charge in [0.05, 0.1) is 24.6 Å². The van der Waals surface area contributed by atoms with Crippen molar-refractivity contribution in [1.29, 1.82) is 0 Å². The van der Waals surface area contributed by atoms with Crippen LogP contribution in [0.15, 0.2) is 59.7 Å². The van der Waals surface area contributed by atoms with E-state index in [2.05, 4.69) is 20.4 Å². The first-order valence-corrected chi connectivity index (χ1v) is 9.23. The van der Waals surface area contributed by atoms with Crippen LogP contribution in [0.3, 0.4) is 0 Å². The number of benzene rings is 1. The molecule has 2 heterocycles. The first-order chi connectivity index (χ1) is 13.8. The van der Waals surface area contributed by atoms with Crippen LogP contribution in [0.2, 0.25) is 0 Å². The second-order valence-electron chi connectivity index (χ2n) is 7.44. The molecule has 8 heteroatoms. The van der Waals surface area contributed by atoms with E-state index >= 15 is 0 Å². The van der Waals surface area contributed by atoms with Gasteiger partial charge in [-0.2, -0.15) is 5.10 Å². The van der Waals surface area contributed by atoms with Crippen molar-refractivity contribution in [3.8, 4) is 5.75 Å². The van der Waals surface area contributed by atoms with E-state index in [1.807, 2.05) is 51.1 Å². The molecule has 0 aliphatic heterocycles. The molecule has 0 aliphatic rings. The molecular formula is C21H23N5O3. The van der Waals surface area contributed by atoms with Gasteiger partial charge in [0.2, 0.25) is 0 Å². The zero-order valence-electron chi connectivity index (χ0n) is 16.6. The minimum absolute atomic E-state index is 0.115. The molecule has 29 heavy (non-hydrogen) atoms. The smallest absolute Gasteiger partial charge is 0.276 e. The number of hydrogen-bond donors (Lipinski definition) is 1. The van der Waals surface area contributed by atoms with Gasteiger partial charge in [0.25, 0.3) is 11.5 Å². The number of hydrogen-bond acceptors (Lipinski definition) is 6. The lowest BCUT2D eigenvalue weighted by Gasteiger charge is -2.16. The fourth-order valence-corrected chi connectivity index (χ4v) is 2.47. The number of anilines is 1. The van der Waals surface area contributed by atoms with Crippen LogP contribution >= 0.6 is 0 Å². The summed E-state index contributed by atoms with van der Waals surface area (Å²) in [5.41, 5.74) is 0.0803. The van der Waals surface area contributed by atoms with Crippen LogP contribution < -0.4 is 15.6 Å². The Morgan fingerprint density at radius 3 is 2.41 bits per heavy atom. The Morgan fingerprint density at radius 1 is 1.07 bits per heavy atom. The highest BCUT2D eigenvalue weighted by Crippen LogP contribution is 2.18. The van der Waals surface area contributed by atoms with Crippen molar-refractivity contribution in [2.45, 2.75) is 32.7 Å². The van der Waals surface area contributed by atoms with Gasteiger partial charge in [-0.3, -0.25) is 9.59 Å². The molecule has 3 aromatic rings. The maximum absolute atomic E-state index is 12.5. The number of carbonyl (C=O) groups is 1. The van der Waals surface area contributed by atoms with Crippen molar-refractivity contribution in [1.82, 2.24) is 19.7 Å². The Kier molecular flexibility index (Phi) is 6.01. The molecule has 150 valence electrons. The Bertz CT molecular complexity index is 1020. The molecule has 8 nitrogen and oxygen atoms in total. The molecule has 3 rings (SSSR count). The minimum Gasteiger partial charge on any atom is -0.492 e. The fraction of sp³-hybridized carbons (Fsp3) is 0.286. The van der Waals surface area contributed by atoms with Gasteiger partial charge in [0.15, 0.2) is 0 Å². The molecule has 0 saturated carbocycles. The quantitative estimate of drug-likeness (QED) is 0.691. The molecule has 0 unspecified atom stereocenters. The summed E-state index contributed by atoms with van der Waals surface area (Å²) < 4.78 is 6.79. The molecule has 0 saturated heterocycles. The summed E-state index contributed by atoms with van der Waals surface area (Å²) >= 11 is 0. The van der Waals surface area contributed by atoms with Gasteiger partial charge >= 0.3 is 0 Å². The Hall–Kier alpha value is -3.55. The van der Waals surface area contributed by atoms with Gasteiger partial charge < -0.3 is 10.1 Å². The summed E-state index contributed by atoms with van der Waals surface area (Å²) in [6.45, 7) is 6.50. The lowest BCUT2D eigenvalue weighted by atomic mass is 9.96. The Balaban J connectivity index is 1.65. The molecule has 0 fully saturated rings. The molecule has 0 spiro atoms. The molecule has 1 aromatic carbocycles. The number of amides is 1. The Labute approximate surface area is 168 Å². The highest BCUT2D eigenvalue weighted by atomic mass is 16.5. The second kappa shape index (κ2) is 8.64. The zero-order chi connectivity index (χ0) is 20.9. The van der Waals surface area contributed by atoms with E-state index in [1.54, 1.807) is 12.4 Å². The second-order valence-corrected chi connectivity index (χ2v) is 7.44. The summed E-state index contributed by atoms with van der Waals surface area (Å²) in [4.78, 5) is 33.1. The molecule has 0 bridgehead atoms. The van der Waals surface area contributed by atoms with E-state index in [1.165, 1.54) is 16.8 Å². The van der Waals surface area contributed by atoms with Crippen LogP contribution in [0.25, 0.3) is 0 Å². The van der Waals surface area contributed by atoms with E-state index in [-0.39, 0.29) is 29.8 Å². The van der Waals surface area contributed by atoms with Crippen molar-refractivity contribution in [3.05, 3.63) is 76.7 Å². The number of aromatic nitrogens is 4. The van der Waals surface area contributed by atoms with Crippen LogP contribution in [-0.2, 0) is 12.0 Å². The lowest BCUT2D eigenvalue weighted by molar-refractivity contribution is 0.101. The maximum Gasteiger partial charge on any atom is 0.276 e. The van der Waals surface area contributed by atoms with Gasteiger partial charge in [-0.25, -0.2) is 14.6 Å². The molecule has 2 aromatic heterocycles. The molecule has 1 N–H and O–H groups in total. The molecule has 0 atom stereocenters. The van der Waals surface area contributed by atoms with Crippen LogP contribution in [-0.4, -0.2) is 32.3 Å². The average molecular weight is 393 g/mol. The van der Waals surface area contributed by atoms with Crippen LogP contribution in [0.4, 0.5) is 5.69 Å². The van der Waals surface area contributed by atoms with Crippen LogP contribution in [0.5, 0.6) is 5.75 Å². The first kappa shape index (κ1) is 20.2. The average Bonchev–Trinajstić information content (AvgIpc) is 2.70. The monoisotopic (exact) mass is 393 g/mol. The maximum atomic E-state index is 12.5. The summed E-state index contributed by atoms with van der Waals surface area (Å²) in [5.74, 6) is 0.934. The largest absolute Gasteiger partial charge is 0.492 e. The topological polar surface area (TPSA) is 99.0 Å². The van der Waals surface area contributed by atoms with E-state index < -0.39 is 5.91 Å². The molecule has 0 aliphatic carbocycles. The molecule has 1 amide bonds. The van der Waals surface area contributed by atoms with Crippen molar-refractivity contribution >= 4 is 11.6 Å². The van der Waals surface area contributed by atoms with Gasteiger partial charge in [-0.1, -0.05) is 39.0 Å². The number of nitrogens with zero attached hydrogens (tertiary/aromatic N) is 4. The highest BCUT2D eigenvalue weighted by Gasteiger charge is 2.17. The van der Waals surface area contributed by atoms with Crippen molar-refractivity contribution < 1.29 is 9.53 Å². The Morgan fingerprint density at radius 2 is 1.76 bits per heavy atom. The normalized spacial score (nSPS) is 11.1. The van der Waals surface area contributed by atoms with Gasteiger partial charge in [-0.15, -0.1) is 0 Å². The van der Waals surface area contributed by atoms with E-state index in [4.69, 9.17) is 4.74 Å². The number of carbonyl (C=O) groups excluding carboxylic acids is 1. The third-order valence-corrected chi connectivity index (χ3v) is 3.99. The predicted molar refractivity (Wildman–Crippen MR) is 109 cm³/mol. The summed E-state index contributed by atoms with van der Waals surface area (Å²) in [7, 11) is 0. The summed E-state index contributed by atoms with van der Waals surface area (Å²) in [6.07, 6.45) is 3.10. The molecule has 0 radical (unpaired) electrons. The standard InChI is InChI=1S/C21H23N5O3/c1-21(2,3)20-22-13-15(14-23-20)24-19(28)17-9-10-18(27)26(25-17)11-12-29-16-7-5-4-6-8-16/h4-10,13-14H,11-12H2,1-3H3,(H,24,28). The van der Waals surface area contributed by atoms with Crippen molar-refractivity contribution in [3.63, 3.8) is 0 Å².